The molecule has 0 aromatic rings. The number of carboxylic acids is 2. The van der Waals surface area contributed by atoms with E-state index in [1.165, 1.54) is 27.7 Å². The minimum Gasteiger partial charge on any atom is -0.799 e. The molecule has 132 valence electrons. The molecule has 0 aliphatic carbocycles. The topological polar surface area (TPSA) is 161 Å². The van der Waals surface area contributed by atoms with E-state index in [4.69, 9.17) is 0 Å². The second kappa shape index (κ2) is 12.4. The van der Waals surface area contributed by atoms with Gasteiger partial charge in [-0.05, 0) is 24.6 Å². The summed E-state index contributed by atoms with van der Waals surface area (Å²) in [6, 6.07) is 0. The van der Waals surface area contributed by atoms with Crippen molar-refractivity contribution in [3.05, 3.63) is 0 Å². The summed E-state index contributed by atoms with van der Waals surface area (Å²) in [4.78, 5) is 41.9. The normalized spacial score (nSPS) is 18.0. The molecule has 11 heteroatoms. The van der Waals surface area contributed by atoms with Crippen LogP contribution in [0.15, 0.2) is 0 Å². The molecule has 4 atom stereocenters. The van der Waals surface area contributed by atoms with Crippen LogP contribution < -0.4 is 20.0 Å². The molecular weight excluding hydrogens is 382 g/mol. The third-order valence-electron chi connectivity index (χ3n) is 2.87. The Balaban J connectivity index is -0.000000333. The SMILES string of the molecule is CCP(=O)([O-])CC(C)C(=O)[O-].CCP(=O)([O-])CC(C)C(=O)[O-].[Ti+4]. The van der Waals surface area contributed by atoms with Crippen LogP contribution in [-0.4, -0.2) is 36.6 Å². The fraction of sp³-hybridized carbons (Fsp3) is 0.833. The van der Waals surface area contributed by atoms with Crippen LogP contribution in [0.2, 0.25) is 0 Å². The van der Waals surface area contributed by atoms with Gasteiger partial charge >= 0.3 is 21.7 Å². The number of aliphatic carboxylic acids is 2. The van der Waals surface area contributed by atoms with Crippen molar-refractivity contribution in [1.82, 2.24) is 0 Å². The van der Waals surface area contributed by atoms with Crippen molar-refractivity contribution in [2.75, 3.05) is 24.6 Å². The van der Waals surface area contributed by atoms with Crippen molar-refractivity contribution >= 4 is 26.7 Å². The zero-order valence-corrected chi connectivity index (χ0v) is 17.0. The number of carboxylic acid groups (broad SMARTS) is 2. The van der Waals surface area contributed by atoms with Crippen LogP contribution in [0.1, 0.15) is 27.7 Å². The molecule has 0 saturated heterocycles. The third-order valence-corrected chi connectivity index (χ3v) is 7.01. The van der Waals surface area contributed by atoms with Crippen molar-refractivity contribution in [3.63, 3.8) is 0 Å². The Hall–Kier alpha value is 0.0343. The van der Waals surface area contributed by atoms with E-state index < -0.39 is 38.5 Å². The van der Waals surface area contributed by atoms with Crippen LogP contribution in [0.4, 0.5) is 0 Å². The first-order chi connectivity index (χ1) is 9.78. The largest absolute Gasteiger partial charge is 4.00 e. The first kappa shape index (κ1) is 27.9. The Kier molecular flexibility index (Phi) is 15.0. The molecule has 0 spiro atoms. The smallest absolute Gasteiger partial charge is 0.799 e. The van der Waals surface area contributed by atoms with Gasteiger partial charge in [0.15, 0.2) is 0 Å². The molecule has 0 N–H and O–H groups in total. The molecule has 0 amide bonds. The average molecular weight is 404 g/mol. The fourth-order valence-corrected chi connectivity index (χ4v) is 3.73. The Morgan fingerprint density at radius 1 is 0.826 bits per heavy atom. The Bertz CT molecular complexity index is 426. The summed E-state index contributed by atoms with van der Waals surface area (Å²) < 4.78 is 21.7. The van der Waals surface area contributed by atoms with E-state index in [0.717, 1.165) is 0 Å². The first-order valence-electron chi connectivity index (χ1n) is 6.77. The van der Waals surface area contributed by atoms with Gasteiger partial charge in [-0.3, -0.25) is 0 Å². The van der Waals surface area contributed by atoms with Crippen LogP contribution in [0.5, 0.6) is 0 Å². The summed E-state index contributed by atoms with van der Waals surface area (Å²) in [6.07, 6.45) is -0.590. The second-order valence-corrected chi connectivity index (χ2v) is 10.3. The molecule has 0 saturated carbocycles. The van der Waals surface area contributed by atoms with Gasteiger partial charge in [0.1, 0.15) is 0 Å². The first-order valence-corrected chi connectivity index (χ1v) is 10.8. The fourth-order valence-electron chi connectivity index (χ4n) is 1.24. The molecule has 0 aromatic carbocycles. The Labute approximate surface area is 151 Å². The molecule has 23 heavy (non-hydrogen) atoms. The molecule has 8 nitrogen and oxygen atoms in total. The van der Waals surface area contributed by atoms with E-state index in [1.54, 1.807) is 0 Å². The van der Waals surface area contributed by atoms with Crippen molar-refractivity contribution in [1.29, 1.82) is 0 Å². The van der Waals surface area contributed by atoms with Crippen LogP contribution in [0, 0.1) is 11.8 Å². The van der Waals surface area contributed by atoms with Crippen LogP contribution >= 0.6 is 14.7 Å². The van der Waals surface area contributed by atoms with Gasteiger partial charge in [-0.1, -0.05) is 27.7 Å². The third kappa shape index (κ3) is 15.3. The molecule has 0 aromatic heterocycles. The maximum absolute atomic E-state index is 10.9. The Morgan fingerprint density at radius 2 is 1.04 bits per heavy atom. The summed E-state index contributed by atoms with van der Waals surface area (Å²) in [5.74, 6) is -4.43. The van der Waals surface area contributed by atoms with E-state index in [0.29, 0.717) is 0 Å². The van der Waals surface area contributed by atoms with Crippen molar-refractivity contribution in [3.8, 4) is 0 Å². The predicted molar refractivity (Wildman–Crippen MR) is 74.4 cm³/mol. The zero-order chi connectivity index (χ0) is 18.1. The maximum atomic E-state index is 10.9. The average Bonchev–Trinajstić information content (AvgIpc) is 2.38. The van der Waals surface area contributed by atoms with Crippen LogP contribution in [0.25, 0.3) is 0 Å². The summed E-state index contributed by atoms with van der Waals surface area (Å²) in [6.45, 7) is 5.65. The molecule has 0 heterocycles. The van der Waals surface area contributed by atoms with E-state index in [1.807, 2.05) is 0 Å². The van der Waals surface area contributed by atoms with Crippen LogP contribution in [0.3, 0.4) is 0 Å². The van der Waals surface area contributed by atoms with E-state index >= 15 is 0 Å². The molecule has 0 bridgehead atoms. The van der Waals surface area contributed by atoms with Crippen molar-refractivity contribution in [2.24, 2.45) is 11.8 Å². The number of rotatable bonds is 8. The van der Waals surface area contributed by atoms with Gasteiger partial charge in [0.25, 0.3) is 0 Å². The Morgan fingerprint density at radius 3 is 1.17 bits per heavy atom. The maximum Gasteiger partial charge on any atom is 4.00 e. The van der Waals surface area contributed by atoms with Gasteiger partial charge in [0, 0.05) is 38.5 Å². The van der Waals surface area contributed by atoms with Gasteiger partial charge < -0.3 is 38.7 Å². The van der Waals surface area contributed by atoms with Gasteiger partial charge in [-0.25, -0.2) is 0 Å². The summed E-state index contributed by atoms with van der Waals surface area (Å²) >= 11 is 0. The zero-order valence-electron chi connectivity index (χ0n) is 13.6. The van der Waals surface area contributed by atoms with Gasteiger partial charge in [-0.2, -0.15) is 0 Å². The summed E-state index contributed by atoms with van der Waals surface area (Å²) in [5.41, 5.74) is 0. The monoisotopic (exact) mass is 404 g/mol. The molecular formula is C12H22O8P2Ti. The van der Waals surface area contributed by atoms with Crippen molar-refractivity contribution in [2.45, 2.75) is 27.7 Å². The molecule has 0 rings (SSSR count). The van der Waals surface area contributed by atoms with Gasteiger partial charge in [0.05, 0.1) is 0 Å². The molecule has 4 unspecified atom stereocenters. The van der Waals surface area contributed by atoms with E-state index in [2.05, 4.69) is 0 Å². The molecule has 0 radical (unpaired) electrons. The quantitative estimate of drug-likeness (QED) is 0.334. The standard InChI is InChI=1S/2C6H13O4P.Ti/c2*1-3-11(9,10)4-5(2)6(7)8;/h2*5H,3-4H2,1-2H3,(H,7,8)(H,9,10);/q;;+4/p-4. The van der Waals surface area contributed by atoms with Crippen molar-refractivity contribution < 1.29 is 60.4 Å². The number of carbonyl (C=O) groups is 2. The second-order valence-electron chi connectivity index (χ2n) is 5.07. The number of carbonyl (C=O) groups excluding carboxylic acids is 2. The minimum atomic E-state index is -3.45. The minimum absolute atomic E-state index is 0. The summed E-state index contributed by atoms with van der Waals surface area (Å²) in [5, 5.41) is 20.2. The van der Waals surface area contributed by atoms with E-state index in [9.17, 15) is 38.7 Å². The van der Waals surface area contributed by atoms with E-state index in [-0.39, 0.29) is 46.4 Å². The van der Waals surface area contributed by atoms with Crippen LogP contribution in [-0.2, 0) is 40.4 Å². The number of hydrogen-bond donors (Lipinski definition) is 0. The molecule has 0 fully saturated rings. The predicted octanol–water partition coefficient (Wildman–Crippen LogP) is -1.94. The van der Waals surface area contributed by atoms with Gasteiger partial charge in [-0.15, -0.1) is 0 Å². The van der Waals surface area contributed by atoms with Gasteiger partial charge in [0.2, 0.25) is 0 Å². The molecule has 0 aliphatic heterocycles. The summed E-state index contributed by atoms with van der Waals surface area (Å²) in [7, 11) is -6.91. The number of hydrogen-bond acceptors (Lipinski definition) is 8. The molecule has 0 aliphatic rings.